The first kappa shape index (κ1) is 15.7. The van der Waals surface area contributed by atoms with Crippen molar-refractivity contribution in [3.05, 3.63) is 53.9 Å². The van der Waals surface area contributed by atoms with E-state index in [1.165, 1.54) is 31.5 Å². The average Bonchev–Trinajstić information content (AvgIpc) is 2.52. The van der Waals surface area contributed by atoms with E-state index in [2.05, 4.69) is 15.5 Å². The Morgan fingerprint density at radius 3 is 2.77 bits per heavy atom. The second-order valence-electron chi connectivity index (χ2n) is 4.30. The summed E-state index contributed by atoms with van der Waals surface area (Å²) in [5.41, 5.74) is 3.74. The van der Waals surface area contributed by atoms with Crippen molar-refractivity contribution >= 4 is 12.1 Å². The van der Waals surface area contributed by atoms with Crippen LogP contribution in [0.15, 0.2) is 41.6 Å². The molecule has 1 aromatic heterocycles. The molecule has 0 aliphatic carbocycles. The average molecular weight is 305 g/mol. The number of hydrogen-bond donors (Lipinski definition) is 1. The molecular weight excluding hydrogens is 292 g/mol. The van der Waals surface area contributed by atoms with Crippen molar-refractivity contribution in [3.8, 4) is 11.1 Å². The number of nitrogens with one attached hydrogen (secondary N) is 1. The summed E-state index contributed by atoms with van der Waals surface area (Å²) in [5.74, 6) is -1.14. The third-order valence-electron chi connectivity index (χ3n) is 2.87. The Hall–Kier alpha value is -2.67. The SMILES string of the molecule is COC/C(=N\NC=O)c1ccc(-c2ccc(F)nc2)c(F)c1. The fourth-order valence-corrected chi connectivity index (χ4v) is 1.89. The monoisotopic (exact) mass is 305 g/mol. The molecule has 2 aromatic rings. The van der Waals surface area contributed by atoms with Crippen LogP contribution in [-0.2, 0) is 9.53 Å². The van der Waals surface area contributed by atoms with Crippen molar-refractivity contribution < 1.29 is 18.3 Å². The summed E-state index contributed by atoms with van der Waals surface area (Å²) in [6, 6.07) is 7.04. The maximum Gasteiger partial charge on any atom is 0.227 e. The predicted octanol–water partition coefficient (Wildman–Crippen LogP) is 2.12. The fourth-order valence-electron chi connectivity index (χ4n) is 1.89. The minimum absolute atomic E-state index is 0.109. The van der Waals surface area contributed by atoms with E-state index in [4.69, 9.17) is 4.74 Å². The van der Waals surface area contributed by atoms with Crippen LogP contribution in [0.2, 0.25) is 0 Å². The van der Waals surface area contributed by atoms with Crippen LogP contribution in [0, 0.1) is 11.8 Å². The number of hydrazone groups is 1. The van der Waals surface area contributed by atoms with Crippen molar-refractivity contribution in [2.75, 3.05) is 13.7 Å². The lowest BCUT2D eigenvalue weighted by Gasteiger charge is -2.08. The van der Waals surface area contributed by atoms with Crippen LogP contribution >= 0.6 is 0 Å². The van der Waals surface area contributed by atoms with Gasteiger partial charge in [0.1, 0.15) is 5.82 Å². The van der Waals surface area contributed by atoms with Gasteiger partial charge in [0.15, 0.2) is 0 Å². The van der Waals surface area contributed by atoms with Gasteiger partial charge >= 0.3 is 0 Å². The Labute approximate surface area is 125 Å². The summed E-state index contributed by atoms with van der Waals surface area (Å²) in [7, 11) is 1.46. The molecule has 0 saturated carbocycles. The van der Waals surface area contributed by atoms with Crippen LogP contribution in [-0.4, -0.2) is 30.8 Å². The van der Waals surface area contributed by atoms with E-state index in [0.717, 1.165) is 6.07 Å². The van der Waals surface area contributed by atoms with Gasteiger partial charge in [-0.1, -0.05) is 12.1 Å². The normalized spacial score (nSPS) is 11.3. The summed E-state index contributed by atoms with van der Waals surface area (Å²) < 4.78 is 32.0. The van der Waals surface area contributed by atoms with E-state index in [0.29, 0.717) is 23.2 Å². The minimum atomic E-state index is -0.629. The van der Waals surface area contributed by atoms with Crippen LogP contribution in [0.1, 0.15) is 5.56 Å². The third-order valence-corrected chi connectivity index (χ3v) is 2.87. The molecule has 22 heavy (non-hydrogen) atoms. The first-order valence-electron chi connectivity index (χ1n) is 6.32. The van der Waals surface area contributed by atoms with Crippen molar-refractivity contribution in [2.24, 2.45) is 5.10 Å². The zero-order valence-corrected chi connectivity index (χ0v) is 11.7. The predicted molar refractivity (Wildman–Crippen MR) is 77.2 cm³/mol. The summed E-state index contributed by atoms with van der Waals surface area (Å²) in [6.07, 6.45) is 1.66. The van der Waals surface area contributed by atoms with Gasteiger partial charge in [0.2, 0.25) is 12.4 Å². The van der Waals surface area contributed by atoms with Crippen molar-refractivity contribution in [1.29, 1.82) is 0 Å². The topological polar surface area (TPSA) is 63.6 Å². The highest BCUT2D eigenvalue weighted by Gasteiger charge is 2.10. The zero-order valence-electron chi connectivity index (χ0n) is 11.7. The molecule has 0 spiro atoms. The molecule has 0 fully saturated rings. The number of aromatic nitrogens is 1. The maximum absolute atomic E-state index is 14.3. The van der Waals surface area contributed by atoms with E-state index in [1.54, 1.807) is 6.07 Å². The first-order chi connectivity index (χ1) is 10.7. The van der Waals surface area contributed by atoms with Crippen LogP contribution < -0.4 is 5.43 Å². The van der Waals surface area contributed by atoms with Gasteiger partial charge in [0, 0.05) is 30.0 Å². The molecule has 1 N–H and O–H groups in total. The van der Waals surface area contributed by atoms with Gasteiger partial charge in [-0.05, 0) is 18.2 Å². The Morgan fingerprint density at radius 1 is 1.36 bits per heavy atom. The third kappa shape index (κ3) is 3.70. The number of carbonyl (C=O) groups excluding carboxylic acids is 1. The summed E-state index contributed by atoms with van der Waals surface area (Å²) in [6.45, 7) is 0.109. The zero-order chi connectivity index (χ0) is 15.9. The van der Waals surface area contributed by atoms with E-state index in [1.807, 2.05) is 0 Å². The second-order valence-corrected chi connectivity index (χ2v) is 4.30. The van der Waals surface area contributed by atoms with Gasteiger partial charge in [0.25, 0.3) is 0 Å². The molecule has 5 nitrogen and oxygen atoms in total. The molecule has 0 saturated heterocycles. The van der Waals surface area contributed by atoms with Gasteiger partial charge in [0.05, 0.1) is 12.3 Å². The van der Waals surface area contributed by atoms with Gasteiger partial charge in [-0.15, -0.1) is 0 Å². The van der Waals surface area contributed by atoms with Crippen LogP contribution in [0.4, 0.5) is 8.78 Å². The van der Waals surface area contributed by atoms with Crippen LogP contribution in [0.3, 0.4) is 0 Å². The number of rotatable bonds is 6. The van der Waals surface area contributed by atoms with Crippen molar-refractivity contribution in [1.82, 2.24) is 10.4 Å². The van der Waals surface area contributed by atoms with E-state index < -0.39 is 11.8 Å². The molecule has 0 bridgehead atoms. The lowest BCUT2D eigenvalue weighted by molar-refractivity contribution is -0.109. The van der Waals surface area contributed by atoms with Gasteiger partial charge in [-0.2, -0.15) is 9.49 Å². The Bertz CT molecular complexity index is 688. The molecule has 0 unspecified atom stereocenters. The molecule has 114 valence electrons. The molecule has 0 aliphatic rings. The molecule has 0 atom stereocenters. The molecule has 7 heteroatoms. The van der Waals surface area contributed by atoms with Crippen LogP contribution in [0.5, 0.6) is 0 Å². The standard InChI is InChI=1S/C15H13F2N3O2/c1-22-8-14(20-19-9-21)10-2-4-12(13(16)6-10)11-3-5-15(17)18-7-11/h2-7,9H,8H2,1H3,(H,19,21)/b20-14+. The molecule has 0 radical (unpaired) electrons. The Morgan fingerprint density at radius 2 is 2.18 bits per heavy atom. The van der Waals surface area contributed by atoms with E-state index in [9.17, 15) is 13.6 Å². The van der Waals surface area contributed by atoms with Crippen molar-refractivity contribution in [3.63, 3.8) is 0 Å². The second kappa shape index (κ2) is 7.37. The molecule has 1 aromatic carbocycles. The number of hydrogen-bond acceptors (Lipinski definition) is 4. The molecular formula is C15H13F2N3O2. The lowest BCUT2D eigenvalue weighted by atomic mass is 10.0. The number of carbonyl (C=O) groups is 1. The van der Waals surface area contributed by atoms with E-state index >= 15 is 0 Å². The highest BCUT2D eigenvalue weighted by atomic mass is 19.1. The van der Waals surface area contributed by atoms with E-state index in [-0.39, 0.29) is 12.2 Å². The molecule has 2 rings (SSSR count). The number of pyridine rings is 1. The molecule has 1 heterocycles. The number of methoxy groups -OCH3 is 1. The van der Waals surface area contributed by atoms with Gasteiger partial charge < -0.3 is 4.74 Å². The number of halogens is 2. The Kier molecular flexibility index (Phi) is 5.26. The Balaban J connectivity index is 2.35. The summed E-state index contributed by atoms with van der Waals surface area (Å²) in [4.78, 5) is 13.8. The lowest BCUT2D eigenvalue weighted by Crippen LogP contribution is -2.15. The summed E-state index contributed by atoms with van der Waals surface area (Å²) >= 11 is 0. The molecule has 1 amide bonds. The highest BCUT2D eigenvalue weighted by molar-refractivity contribution is 6.02. The molecule has 0 aliphatic heterocycles. The minimum Gasteiger partial charge on any atom is -0.378 e. The maximum atomic E-state index is 14.3. The number of benzene rings is 1. The van der Waals surface area contributed by atoms with Gasteiger partial charge in [-0.25, -0.2) is 14.8 Å². The van der Waals surface area contributed by atoms with Crippen molar-refractivity contribution in [2.45, 2.75) is 0 Å². The highest BCUT2D eigenvalue weighted by Crippen LogP contribution is 2.23. The first-order valence-corrected chi connectivity index (χ1v) is 6.32. The smallest absolute Gasteiger partial charge is 0.227 e. The fraction of sp³-hybridized carbons (Fsp3) is 0.133. The quantitative estimate of drug-likeness (QED) is 0.385. The number of ether oxygens (including phenoxy) is 1. The number of nitrogens with zero attached hydrogens (tertiary/aromatic N) is 2. The summed E-state index contributed by atoms with van der Waals surface area (Å²) in [5, 5.41) is 3.80. The van der Waals surface area contributed by atoms with Gasteiger partial charge in [-0.3, -0.25) is 4.79 Å². The van der Waals surface area contributed by atoms with Crippen LogP contribution in [0.25, 0.3) is 11.1 Å². The largest absolute Gasteiger partial charge is 0.378 e. The number of amides is 1.